The van der Waals surface area contributed by atoms with Crippen LogP contribution in [0.4, 0.5) is 0 Å². The van der Waals surface area contributed by atoms with Gasteiger partial charge in [-0.25, -0.2) is 0 Å². The normalized spacial score (nSPS) is 15.7. The van der Waals surface area contributed by atoms with Crippen LogP contribution in [0, 0.1) is 12.3 Å². The van der Waals surface area contributed by atoms with Gasteiger partial charge < -0.3 is 10.1 Å². The Kier molecular flexibility index (Phi) is 7.92. The van der Waals surface area contributed by atoms with Gasteiger partial charge in [-0.3, -0.25) is 9.69 Å². The maximum absolute atomic E-state index is 12.8. The first-order valence-corrected chi connectivity index (χ1v) is 11.2. The van der Waals surface area contributed by atoms with Gasteiger partial charge in [0.2, 0.25) is 5.91 Å². The van der Waals surface area contributed by atoms with Gasteiger partial charge in [0, 0.05) is 31.1 Å². The number of likely N-dealkylation sites (tertiary alicyclic amines) is 1. The number of nitrogens with zero attached hydrogens (tertiary/aromatic N) is 1. The Balaban J connectivity index is 1.35. The highest BCUT2D eigenvalue weighted by atomic mass is 16.5. The van der Waals surface area contributed by atoms with Crippen molar-refractivity contribution in [2.45, 2.75) is 59.0 Å². The summed E-state index contributed by atoms with van der Waals surface area (Å²) in [6.45, 7) is 9.84. The van der Waals surface area contributed by atoms with E-state index in [2.05, 4.69) is 59.6 Å². The predicted molar refractivity (Wildman–Crippen MR) is 123 cm³/mol. The smallest absolute Gasteiger partial charge is 0.225 e. The molecule has 0 atom stereocenters. The molecule has 0 aromatic heterocycles. The van der Waals surface area contributed by atoms with Crippen molar-refractivity contribution < 1.29 is 9.53 Å². The second-order valence-electron chi connectivity index (χ2n) is 9.16. The molecule has 0 bridgehead atoms. The molecule has 1 amide bonds. The summed E-state index contributed by atoms with van der Waals surface area (Å²) in [5.74, 6) is 1.06. The molecule has 1 aliphatic rings. The number of carbonyl (C=O) groups excluding carboxylic acids is 1. The van der Waals surface area contributed by atoms with E-state index in [1.807, 2.05) is 26.0 Å². The van der Waals surface area contributed by atoms with Gasteiger partial charge in [-0.1, -0.05) is 61.9 Å². The lowest BCUT2D eigenvalue weighted by Gasteiger charge is -2.34. The Morgan fingerprint density at radius 1 is 1.07 bits per heavy atom. The molecule has 1 heterocycles. The minimum Gasteiger partial charge on any atom is -0.494 e. The number of carbonyl (C=O) groups is 1. The number of hydrogen-bond acceptors (Lipinski definition) is 3. The molecule has 1 fully saturated rings. The summed E-state index contributed by atoms with van der Waals surface area (Å²) < 4.78 is 5.81. The monoisotopic (exact) mass is 408 g/mol. The molecule has 0 spiro atoms. The van der Waals surface area contributed by atoms with Crippen LogP contribution in [0.3, 0.4) is 0 Å². The SMILES string of the molecule is Cc1ccc(OCCCC(C)(C)C(=O)NC2CCN(Cc3ccccc3)CC2)cc1. The molecular weight excluding hydrogens is 372 g/mol. The average molecular weight is 409 g/mol. The fraction of sp³-hybridized carbons (Fsp3) is 0.500. The highest BCUT2D eigenvalue weighted by Gasteiger charge is 2.30. The highest BCUT2D eigenvalue weighted by molar-refractivity contribution is 5.82. The minimum absolute atomic E-state index is 0.166. The lowest BCUT2D eigenvalue weighted by atomic mass is 9.86. The first-order chi connectivity index (χ1) is 14.4. The second-order valence-corrected chi connectivity index (χ2v) is 9.16. The van der Waals surface area contributed by atoms with E-state index in [0.29, 0.717) is 6.61 Å². The molecule has 30 heavy (non-hydrogen) atoms. The Hall–Kier alpha value is -2.33. The molecule has 3 rings (SSSR count). The molecule has 0 unspecified atom stereocenters. The van der Waals surface area contributed by atoms with Gasteiger partial charge in [-0.05, 0) is 50.3 Å². The highest BCUT2D eigenvalue weighted by Crippen LogP contribution is 2.24. The van der Waals surface area contributed by atoms with Gasteiger partial charge in [0.15, 0.2) is 0 Å². The van der Waals surface area contributed by atoms with Crippen LogP contribution in [-0.2, 0) is 11.3 Å². The zero-order valence-corrected chi connectivity index (χ0v) is 18.7. The fourth-order valence-corrected chi connectivity index (χ4v) is 3.91. The summed E-state index contributed by atoms with van der Waals surface area (Å²) in [4.78, 5) is 15.3. The van der Waals surface area contributed by atoms with Crippen molar-refractivity contribution in [1.29, 1.82) is 0 Å². The van der Waals surface area contributed by atoms with E-state index in [1.165, 1.54) is 11.1 Å². The van der Waals surface area contributed by atoms with E-state index in [9.17, 15) is 4.79 Å². The number of nitrogens with one attached hydrogen (secondary N) is 1. The summed E-state index contributed by atoms with van der Waals surface area (Å²) in [5, 5.41) is 3.30. The molecule has 2 aromatic carbocycles. The van der Waals surface area contributed by atoms with E-state index in [-0.39, 0.29) is 17.4 Å². The number of benzene rings is 2. The van der Waals surface area contributed by atoms with Gasteiger partial charge >= 0.3 is 0 Å². The van der Waals surface area contributed by atoms with Crippen LogP contribution < -0.4 is 10.1 Å². The minimum atomic E-state index is -0.377. The zero-order chi connectivity index (χ0) is 21.4. The van der Waals surface area contributed by atoms with E-state index in [0.717, 1.165) is 51.1 Å². The van der Waals surface area contributed by atoms with E-state index >= 15 is 0 Å². The van der Waals surface area contributed by atoms with E-state index in [1.54, 1.807) is 0 Å². The molecular formula is C26H36N2O2. The molecule has 0 saturated carbocycles. The number of piperidine rings is 1. The summed E-state index contributed by atoms with van der Waals surface area (Å²) in [6.07, 6.45) is 3.72. The lowest BCUT2D eigenvalue weighted by molar-refractivity contribution is -0.130. The summed E-state index contributed by atoms with van der Waals surface area (Å²) >= 11 is 0. The van der Waals surface area contributed by atoms with Crippen molar-refractivity contribution in [3.63, 3.8) is 0 Å². The number of ether oxygens (including phenoxy) is 1. The molecule has 1 N–H and O–H groups in total. The van der Waals surface area contributed by atoms with Gasteiger partial charge in [0.25, 0.3) is 0 Å². The van der Waals surface area contributed by atoms with Crippen LogP contribution >= 0.6 is 0 Å². The Labute approximate surface area is 181 Å². The first kappa shape index (κ1) is 22.4. The number of aryl methyl sites for hydroxylation is 1. The van der Waals surface area contributed by atoms with E-state index < -0.39 is 0 Å². The standard InChI is InChI=1S/C26H36N2O2/c1-21-10-12-24(13-11-21)30-19-7-16-26(2,3)25(29)27-23-14-17-28(18-15-23)20-22-8-5-4-6-9-22/h4-6,8-13,23H,7,14-20H2,1-3H3,(H,27,29). The molecule has 4 nitrogen and oxygen atoms in total. The summed E-state index contributed by atoms with van der Waals surface area (Å²) in [5.41, 5.74) is 2.21. The summed E-state index contributed by atoms with van der Waals surface area (Å²) in [7, 11) is 0. The third-order valence-corrected chi connectivity index (χ3v) is 6.02. The van der Waals surface area contributed by atoms with Crippen molar-refractivity contribution in [3.8, 4) is 5.75 Å². The van der Waals surface area contributed by atoms with Crippen LogP contribution in [-0.4, -0.2) is 36.5 Å². The van der Waals surface area contributed by atoms with Crippen molar-refractivity contribution >= 4 is 5.91 Å². The first-order valence-electron chi connectivity index (χ1n) is 11.2. The third-order valence-electron chi connectivity index (χ3n) is 6.02. The number of hydrogen-bond donors (Lipinski definition) is 1. The zero-order valence-electron chi connectivity index (χ0n) is 18.7. The number of rotatable bonds is 9. The van der Waals surface area contributed by atoms with Crippen LogP contribution in [0.2, 0.25) is 0 Å². The quantitative estimate of drug-likeness (QED) is 0.596. The third kappa shape index (κ3) is 6.88. The fourth-order valence-electron chi connectivity index (χ4n) is 3.91. The van der Waals surface area contributed by atoms with Crippen molar-refractivity contribution in [2.24, 2.45) is 5.41 Å². The van der Waals surface area contributed by atoms with Gasteiger partial charge in [-0.15, -0.1) is 0 Å². The van der Waals surface area contributed by atoms with Crippen LogP contribution in [0.5, 0.6) is 5.75 Å². The van der Waals surface area contributed by atoms with Gasteiger partial charge in [0.05, 0.1) is 6.61 Å². The van der Waals surface area contributed by atoms with Crippen LogP contribution in [0.15, 0.2) is 54.6 Å². The Bertz CT molecular complexity index is 778. The van der Waals surface area contributed by atoms with Crippen molar-refractivity contribution in [2.75, 3.05) is 19.7 Å². The van der Waals surface area contributed by atoms with Gasteiger partial charge in [-0.2, -0.15) is 0 Å². The Morgan fingerprint density at radius 2 is 1.73 bits per heavy atom. The Morgan fingerprint density at radius 3 is 2.40 bits per heavy atom. The molecule has 1 aliphatic heterocycles. The number of amides is 1. The van der Waals surface area contributed by atoms with Crippen molar-refractivity contribution in [1.82, 2.24) is 10.2 Å². The second kappa shape index (κ2) is 10.6. The maximum Gasteiger partial charge on any atom is 0.225 e. The maximum atomic E-state index is 12.8. The van der Waals surface area contributed by atoms with Crippen LogP contribution in [0.1, 0.15) is 50.7 Å². The molecule has 4 heteroatoms. The largest absolute Gasteiger partial charge is 0.494 e. The molecule has 162 valence electrons. The predicted octanol–water partition coefficient (Wildman–Crippen LogP) is 4.96. The van der Waals surface area contributed by atoms with Crippen LogP contribution in [0.25, 0.3) is 0 Å². The molecule has 2 aromatic rings. The van der Waals surface area contributed by atoms with Gasteiger partial charge in [0.1, 0.15) is 5.75 Å². The molecule has 1 saturated heterocycles. The molecule has 0 aliphatic carbocycles. The van der Waals surface area contributed by atoms with Crippen molar-refractivity contribution in [3.05, 3.63) is 65.7 Å². The average Bonchev–Trinajstić information content (AvgIpc) is 2.74. The topological polar surface area (TPSA) is 41.6 Å². The summed E-state index contributed by atoms with van der Waals surface area (Å²) in [6, 6.07) is 19.0. The lowest BCUT2D eigenvalue weighted by Crippen LogP contribution is -2.48. The molecule has 0 radical (unpaired) electrons. The van der Waals surface area contributed by atoms with E-state index in [4.69, 9.17) is 4.74 Å².